The molecular formula is C21H38O4. The summed E-state index contributed by atoms with van der Waals surface area (Å²) in [6, 6.07) is 0. The maximum absolute atomic E-state index is 10.9. The van der Waals surface area contributed by atoms with Crippen LogP contribution >= 0.6 is 0 Å². The predicted octanol–water partition coefficient (Wildman–Crippen LogP) is 4.70. The van der Waals surface area contributed by atoms with E-state index >= 15 is 0 Å². The minimum absolute atomic E-state index is 0.122. The van der Waals surface area contributed by atoms with Crippen molar-refractivity contribution in [1.82, 2.24) is 0 Å². The van der Waals surface area contributed by atoms with Crippen LogP contribution in [0.3, 0.4) is 0 Å². The van der Waals surface area contributed by atoms with Gasteiger partial charge in [0, 0.05) is 6.42 Å². The van der Waals surface area contributed by atoms with Crippen LogP contribution in [0.4, 0.5) is 0 Å². The van der Waals surface area contributed by atoms with E-state index in [1.165, 1.54) is 39.2 Å². The van der Waals surface area contributed by atoms with Gasteiger partial charge in [0.2, 0.25) is 0 Å². The first-order valence-electron chi connectivity index (χ1n) is 9.86. The van der Waals surface area contributed by atoms with Crippen molar-refractivity contribution in [3.63, 3.8) is 0 Å². The number of methoxy groups -OCH3 is 1. The third-order valence-corrected chi connectivity index (χ3v) is 4.17. The molecule has 0 fully saturated rings. The van der Waals surface area contributed by atoms with Crippen molar-refractivity contribution in [3.8, 4) is 0 Å². The molecule has 0 aromatic carbocycles. The summed E-state index contributed by atoms with van der Waals surface area (Å²) in [5.74, 6) is -0.122. The molecule has 0 aliphatic heterocycles. The van der Waals surface area contributed by atoms with Gasteiger partial charge in [-0.05, 0) is 57.8 Å². The number of hydrogen-bond acceptors (Lipinski definition) is 4. The quantitative estimate of drug-likeness (QED) is 0.226. The zero-order valence-corrected chi connectivity index (χ0v) is 16.0. The van der Waals surface area contributed by atoms with Crippen molar-refractivity contribution in [2.75, 3.05) is 13.7 Å². The van der Waals surface area contributed by atoms with Crippen molar-refractivity contribution < 1.29 is 19.7 Å². The van der Waals surface area contributed by atoms with E-state index in [9.17, 15) is 9.90 Å². The molecule has 25 heavy (non-hydrogen) atoms. The molecule has 0 aliphatic carbocycles. The molecule has 0 aromatic heterocycles. The first-order chi connectivity index (χ1) is 12.2. The Hall–Kier alpha value is -1.13. The SMILES string of the molecule is COC(=O)CCC/C=C\CCCCCCC/C=C\CCC[C@H](O)CO. The Labute approximate surface area is 154 Å². The van der Waals surface area contributed by atoms with E-state index < -0.39 is 6.10 Å². The minimum atomic E-state index is -0.553. The molecule has 1 atom stereocenters. The third kappa shape index (κ3) is 19.0. The van der Waals surface area contributed by atoms with Gasteiger partial charge in [-0.2, -0.15) is 0 Å². The smallest absolute Gasteiger partial charge is 0.305 e. The summed E-state index contributed by atoms with van der Waals surface area (Å²) in [6.07, 6.45) is 21.9. The lowest BCUT2D eigenvalue weighted by atomic mass is 10.1. The number of aliphatic hydroxyl groups is 2. The minimum Gasteiger partial charge on any atom is -0.469 e. The largest absolute Gasteiger partial charge is 0.469 e. The Kier molecular flexibility index (Phi) is 18.3. The number of carbonyl (C=O) groups excluding carboxylic acids is 1. The van der Waals surface area contributed by atoms with Crippen LogP contribution < -0.4 is 0 Å². The van der Waals surface area contributed by atoms with Crippen LogP contribution in [0.15, 0.2) is 24.3 Å². The molecule has 0 bridgehead atoms. The molecule has 0 heterocycles. The Morgan fingerprint density at radius 2 is 1.32 bits per heavy atom. The summed E-state index contributed by atoms with van der Waals surface area (Å²) in [7, 11) is 1.43. The van der Waals surface area contributed by atoms with Gasteiger partial charge in [0.05, 0.1) is 19.8 Å². The van der Waals surface area contributed by atoms with Gasteiger partial charge in [-0.25, -0.2) is 0 Å². The fourth-order valence-electron chi connectivity index (χ4n) is 2.56. The van der Waals surface area contributed by atoms with E-state index in [1.54, 1.807) is 0 Å². The van der Waals surface area contributed by atoms with E-state index in [-0.39, 0.29) is 12.6 Å². The first-order valence-corrected chi connectivity index (χ1v) is 9.86. The van der Waals surface area contributed by atoms with Crippen molar-refractivity contribution in [1.29, 1.82) is 0 Å². The lowest BCUT2D eigenvalue weighted by Crippen LogP contribution is -2.10. The lowest BCUT2D eigenvalue weighted by molar-refractivity contribution is -0.140. The van der Waals surface area contributed by atoms with Crippen molar-refractivity contribution in [2.24, 2.45) is 0 Å². The van der Waals surface area contributed by atoms with Crippen LogP contribution in [0.5, 0.6) is 0 Å². The third-order valence-electron chi connectivity index (χ3n) is 4.17. The van der Waals surface area contributed by atoms with Gasteiger partial charge >= 0.3 is 5.97 Å². The Morgan fingerprint density at radius 3 is 1.84 bits per heavy atom. The molecule has 0 saturated carbocycles. The molecule has 2 N–H and O–H groups in total. The van der Waals surface area contributed by atoms with Crippen LogP contribution in [-0.4, -0.2) is 36.0 Å². The van der Waals surface area contributed by atoms with Crippen molar-refractivity contribution >= 4 is 5.97 Å². The summed E-state index contributed by atoms with van der Waals surface area (Å²) >= 11 is 0. The monoisotopic (exact) mass is 354 g/mol. The van der Waals surface area contributed by atoms with Gasteiger partial charge in [0.1, 0.15) is 0 Å². The van der Waals surface area contributed by atoms with Gasteiger partial charge in [-0.1, -0.05) is 43.6 Å². The second-order valence-corrected chi connectivity index (χ2v) is 6.52. The second kappa shape index (κ2) is 19.2. The highest BCUT2D eigenvalue weighted by Gasteiger charge is 1.99. The normalized spacial score (nSPS) is 12.9. The maximum atomic E-state index is 10.9. The number of hydrogen-bond donors (Lipinski definition) is 2. The van der Waals surface area contributed by atoms with Gasteiger partial charge in [0.25, 0.3) is 0 Å². The number of esters is 1. The topological polar surface area (TPSA) is 66.8 Å². The molecule has 0 unspecified atom stereocenters. The van der Waals surface area contributed by atoms with Gasteiger partial charge in [-0.15, -0.1) is 0 Å². The molecular weight excluding hydrogens is 316 g/mol. The predicted molar refractivity (Wildman–Crippen MR) is 103 cm³/mol. The van der Waals surface area contributed by atoms with Crippen LogP contribution in [0, 0.1) is 0 Å². The molecule has 0 aliphatic rings. The molecule has 0 aromatic rings. The number of rotatable bonds is 17. The van der Waals surface area contributed by atoms with E-state index in [4.69, 9.17) is 5.11 Å². The second-order valence-electron chi connectivity index (χ2n) is 6.52. The van der Waals surface area contributed by atoms with Crippen LogP contribution in [-0.2, 0) is 9.53 Å². The summed E-state index contributed by atoms with van der Waals surface area (Å²) in [5, 5.41) is 17.9. The highest BCUT2D eigenvalue weighted by Crippen LogP contribution is 2.09. The highest BCUT2D eigenvalue weighted by molar-refractivity contribution is 5.68. The Bertz CT molecular complexity index is 350. The molecule has 0 saturated heterocycles. The van der Waals surface area contributed by atoms with Gasteiger partial charge in [0.15, 0.2) is 0 Å². The Balaban J connectivity index is 3.22. The maximum Gasteiger partial charge on any atom is 0.305 e. The van der Waals surface area contributed by atoms with Crippen molar-refractivity contribution in [3.05, 3.63) is 24.3 Å². The zero-order valence-electron chi connectivity index (χ0n) is 16.0. The number of unbranched alkanes of at least 4 members (excludes halogenated alkanes) is 8. The summed E-state index contributed by atoms with van der Waals surface area (Å²) in [5.41, 5.74) is 0. The molecule has 4 heteroatoms. The molecule has 0 radical (unpaired) electrons. The molecule has 4 nitrogen and oxygen atoms in total. The zero-order chi connectivity index (χ0) is 18.6. The summed E-state index contributed by atoms with van der Waals surface area (Å²) in [6.45, 7) is -0.130. The summed E-state index contributed by atoms with van der Waals surface area (Å²) < 4.78 is 4.60. The fraction of sp³-hybridized carbons (Fsp3) is 0.762. The lowest BCUT2D eigenvalue weighted by Gasteiger charge is -2.03. The molecule has 146 valence electrons. The van der Waals surface area contributed by atoms with Crippen LogP contribution in [0.25, 0.3) is 0 Å². The summed E-state index contributed by atoms with van der Waals surface area (Å²) in [4.78, 5) is 10.9. The number of allylic oxidation sites excluding steroid dienone is 4. The van der Waals surface area contributed by atoms with E-state index in [2.05, 4.69) is 29.0 Å². The first kappa shape index (κ1) is 23.9. The molecule has 0 spiro atoms. The Morgan fingerprint density at radius 1 is 0.840 bits per heavy atom. The highest BCUT2D eigenvalue weighted by atomic mass is 16.5. The fourth-order valence-corrected chi connectivity index (χ4v) is 2.56. The number of aliphatic hydroxyl groups excluding tert-OH is 2. The average Bonchev–Trinajstić information content (AvgIpc) is 2.63. The average molecular weight is 355 g/mol. The van der Waals surface area contributed by atoms with E-state index in [0.717, 1.165) is 38.5 Å². The molecule has 0 amide bonds. The van der Waals surface area contributed by atoms with Gasteiger partial charge in [-0.3, -0.25) is 4.79 Å². The molecule has 0 rings (SSSR count). The van der Waals surface area contributed by atoms with E-state index in [1.807, 2.05) is 0 Å². The standard InChI is InChI=1S/C21H38O4/c1-25-21(24)18-16-14-12-10-8-6-4-2-3-5-7-9-11-13-15-17-20(23)19-22/h9-12,20,22-23H,2-8,13-19H2,1H3/b11-9-,12-10-/t20-/m0/s1. The number of ether oxygens (including phenoxy) is 1. The van der Waals surface area contributed by atoms with Crippen LogP contribution in [0.2, 0.25) is 0 Å². The van der Waals surface area contributed by atoms with E-state index in [0.29, 0.717) is 12.8 Å². The van der Waals surface area contributed by atoms with Gasteiger partial charge < -0.3 is 14.9 Å². The number of carbonyl (C=O) groups is 1. The van der Waals surface area contributed by atoms with Crippen molar-refractivity contribution in [2.45, 2.75) is 89.6 Å². The van der Waals surface area contributed by atoms with Crippen LogP contribution in [0.1, 0.15) is 83.5 Å².